The molecule has 0 atom stereocenters. The molecule has 2 N–H and O–H groups in total. The van der Waals surface area contributed by atoms with E-state index < -0.39 is 0 Å². The molecule has 0 aliphatic heterocycles. The molecular weight excluding hydrogens is 388 g/mol. The van der Waals surface area contributed by atoms with Gasteiger partial charge in [-0.05, 0) is 47.9 Å². The molecule has 29 heavy (non-hydrogen) atoms. The number of hydrogen-bond donors (Lipinski definition) is 2. The Kier molecular flexibility index (Phi) is 6.52. The molecule has 0 fully saturated rings. The van der Waals surface area contributed by atoms with Gasteiger partial charge < -0.3 is 15.4 Å². The van der Waals surface area contributed by atoms with Crippen molar-refractivity contribution < 1.29 is 14.3 Å². The van der Waals surface area contributed by atoms with Gasteiger partial charge in [-0.1, -0.05) is 54.1 Å². The van der Waals surface area contributed by atoms with E-state index in [2.05, 4.69) is 10.6 Å². The first-order valence-electron chi connectivity index (χ1n) is 9.08. The zero-order chi connectivity index (χ0) is 20.8. The van der Waals surface area contributed by atoms with E-state index in [1.165, 1.54) is 6.92 Å². The number of hydrogen-bond acceptors (Lipinski definition) is 3. The molecule has 0 unspecified atom stereocenters. The zero-order valence-corrected chi connectivity index (χ0v) is 16.9. The summed E-state index contributed by atoms with van der Waals surface area (Å²) in [5.74, 6) is -0.149. The fraction of sp³-hybridized carbons (Fsp3) is 0.130. The third-order valence-electron chi connectivity index (χ3n) is 4.16. The first kappa shape index (κ1) is 20.4. The number of ether oxygens (including phenoxy) is 1. The smallest absolute Gasteiger partial charge is 0.262 e. The monoisotopic (exact) mass is 408 g/mol. The largest absolute Gasteiger partial charge is 0.482 e. The van der Waals surface area contributed by atoms with Crippen LogP contribution in [0.15, 0.2) is 66.7 Å². The van der Waals surface area contributed by atoms with Crippen LogP contribution in [-0.4, -0.2) is 18.4 Å². The molecule has 6 heteroatoms. The summed E-state index contributed by atoms with van der Waals surface area (Å²) in [6, 6.07) is 20.7. The van der Waals surface area contributed by atoms with E-state index in [4.69, 9.17) is 16.3 Å². The zero-order valence-electron chi connectivity index (χ0n) is 16.2. The van der Waals surface area contributed by atoms with Crippen LogP contribution < -0.4 is 15.4 Å². The molecule has 0 heterocycles. The number of nitrogens with one attached hydrogen (secondary N) is 2. The number of amides is 2. The van der Waals surface area contributed by atoms with Gasteiger partial charge in [0.25, 0.3) is 5.91 Å². The van der Waals surface area contributed by atoms with Crippen LogP contribution in [-0.2, 0) is 9.59 Å². The Morgan fingerprint density at radius 2 is 1.66 bits per heavy atom. The van der Waals surface area contributed by atoms with Crippen LogP contribution in [0.4, 0.5) is 11.4 Å². The molecule has 3 rings (SSSR count). The highest BCUT2D eigenvalue weighted by atomic mass is 35.5. The maximum atomic E-state index is 12.3. The van der Waals surface area contributed by atoms with Crippen molar-refractivity contribution >= 4 is 34.8 Å². The molecule has 2 amide bonds. The lowest BCUT2D eigenvalue weighted by atomic mass is 10.1. The molecule has 0 aliphatic rings. The van der Waals surface area contributed by atoms with Crippen LogP contribution in [0.25, 0.3) is 11.1 Å². The lowest BCUT2D eigenvalue weighted by Crippen LogP contribution is -2.21. The fourth-order valence-corrected chi connectivity index (χ4v) is 3.05. The van der Waals surface area contributed by atoms with Crippen molar-refractivity contribution in [2.24, 2.45) is 0 Å². The van der Waals surface area contributed by atoms with E-state index in [0.717, 1.165) is 16.7 Å². The van der Waals surface area contributed by atoms with E-state index in [-0.39, 0.29) is 18.4 Å². The van der Waals surface area contributed by atoms with E-state index in [1.54, 1.807) is 24.3 Å². The second-order valence-corrected chi connectivity index (χ2v) is 6.99. The molecule has 5 nitrogen and oxygen atoms in total. The molecule has 0 saturated heterocycles. The minimum absolute atomic E-state index is 0.210. The highest BCUT2D eigenvalue weighted by molar-refractivity contribution is 6.32. The van der Waals surface area contributed by atoms with E-state index in [0.29, 0.717) is 22.1 Å². The van der Waals surface area contributed by atoms with Crippen molar-refractivity contribution in [1.82, 2.24) is 0 Å². The molecular formula is C23H21ClN2O3. The van der Waals surface area contributed by atoms with Crippen LogP contribution in [0.3, 0.4) is 0 Å². The summed E-state index contributed by atoms with van der Waals surface area (Å²) in [5, 5.41) is 5.88. The van der Waals surface area contributed by atoms with Crippen molar-refractivity contribution in [2.75, 3.05) is 17.2 Å². The molecule has 148 valence electrons. The Balaban J connectivity index is 1.66. The summed E-state index contributed by atoms with van der Waals surface area (Å²) in [6.07, 6.45) is 0. The highest BCUT2D eigenvalue weighted by Crippen LogP contribution is 2.30. The molecule has 0 aliphatic carbocycles. The molecule has 0 spiro atoms. The summed E-state index contributed by atoms with van der Waals surface area (Å²) in [4.78, 5) is 23.7. The quantitative estimate of drug-likeness (QED) is 0.582. The fourth-order valence-electron chi connectivity index (χ4n) is 2.82. The van der Waals surface area contributed by atoms with Crippen LogP contribution in [0.1, 0.15) is 12.5 Å². The predicted molar refractivity (Wildman–Crippen MR) is 116 cm³/mol. The lowest BCUT2D eigenvalue weighted by molar-refractivity contribution is -0.118. The average Bonchev–Trinajstić information content (AvgIpc) is 2.69. The second-order valence-electron chi connectivity index (χ2n) is 6.58. The lowest BCUT2D eigenvalue weighted by Gasteiger charge is -2.13. The minimum Gasteiger partial charge on any atom is -0.482 e. The number of aryl methyl sites for hydroxylation is 1. The number of rotatable bonds is 6. The normalized spacial score (nSPS) is 10.3. The van der Waals surface area contributed by atoms with Crippen molar-refractivity contribution in [3.63, 3.8) is 0 Å². The maximum absolute atomic E-state index is 12.3. The van der Waals surface area contributed by atoms with Gasteiger partial charge in [-0.3, -0.25) is 9.59 Å². The number of halogens is 1. The van der Waals surface area contributed by atoms with Crippen molar-refractivity contribution in [3.8, 4) is 16.9 Å². The van der Waals surface area contributed by atoms with Gasteiger partial charge in [0.05, 0.1) is 16.4 Å². The van der Waals surface area contributed by atoms with Crippen LogP contribution in [0.2, 0.25) is 5.02 Å². The summed E-state index contributed by atoms with van der Waals surface area (Å²) >= 11 is 6.32. The molecule has 0 saturated carbocycles. The van der Waals surface area contributed by atoms with Gasteiger partial charge in [0.1, 0.15) is 5.75 Å². The topological polar surface area (TPSA) is 67.4 Å². The number of carbonyl (C=O) groups excluding carboxylic acids is 2. The number of carbonyl (C=O) groups is 2. The Labute approximate surface area is 174 Å². The van der Waals surface area contributed by atoms with Gasteiger partial charge >= 0.3 is 0 Å². The first-order valence-corrected chi connectivity index (χ1v) is 9.46. The highest BCUT2D eigenvalue weighted by Gasteiger charge is 2.11. The molecule has 0 bridgehead atoms. The summed E-state index contributed by atoms with van der Waals surface area (Å²) in [5.41, 5.74) is 4.01. The van der Waals surface area contributed by atoms with Crippen molar-refractivity contribution in [1.29, 1.82) is 0 Å². The van der Waals surface area contributed by atoms with Gasteiger partial charge in [-0.2, -0.15) is 0 Å². The third-order valence-corrected chi connectivity index (χ3v) is 4.45. The van der Waals surface area contributed by atoms with Crippen LogP contribution >= 0.6 is 11.6 Å². The Bertz CT molecular complexity index is 1040. The molecule has 0 aromatic heterocycles. The molecule has 0 radical (unpaired) electrons. The van der Waals surface area contributed by atoms with Gasteiger partial charge in [0.15, 0.2) is 6.61 Å². The first-order chi connectivity index (χ1) is 13.9. The van der Waals surface area contributed by atoms with Crippen molar-refractivity contribution in [3.05, 3.63) is 77.3 Å². The summed E-state index contributed by atoms with van der Waals surface area (Å²) in [7, 11) is 0. The third kappa shape index (κ3) is 5.59. The van der Waals surface area contributed by atoms with Gasteiger partial charge in [0.2, 0.25) is 5.91 Å². The van der Waals surface area contributed by atoms with Crippen LogP contribution in [0, 0.1) is 6.92 Å². The Morgan fingerprint density at radius 1 is 0.897 bits per heavy atom. The van der Waals surface area contributed by atoms with Gasteiger partial charge in [-0.15, -0.1) is 0 Å². The van der Waals surface area contributed by atoms with E-state index >= 15 is 0 Å². The van der Waals surface area contributed by atoms with Crippen molar-refractivity contribution in [2.45, 2.75) is 13.8 Å². The Morgan fingerprint density at radius 3 is 2.34 bits per heavy atom. The summed E-state index contributed by atoms with van der Waals surface area (Å²) < 4.78 is 5.58. The average molecular weight is 409 g/mol. The maximum Gasteiger partial charge on any atom is 0.262 e. The minimum atomic E-state index is -0.356. The molecule has 3 aromatic carbocycles. The van der Waals surface area contributed by atoms with E-state index in [9.17, 15) is 9.59 Å². The van der Waals surface area contributed by atoms with Gasteiger partial charge in [-0.25, -0.2) is 0 Å². The number of anilines is 2. The van der Waals surface area contributed by atoms with Gasteiger partial charge in [0, 0.05) is 6.92 Å². The molecule has 3 aromatic rings. The SMILES string of the molecule is CC(=O)Nc1ccc(C)cc1NC(=O)COc1ccc(-c2ccccc2)cc1Cl. The second kappa shape index (κ2) is 9.26. The Hall–Kier alpha value is -3.31. The number of benzene rings is 3. The van der Waals surface area contributed by atoms with E-state index in [1.807, 2.05) is 49.4 Å². The standard InChI is InChI=1S/C23H21ClN2O3/c1-15-8-10-20(25-16(2)27)21(12-15)26-23(28)14-29-22-11-9-18(13-19(22)24)17-6-4-3-5-7-17/h3-13H,14H2,1-2H3,(H,25,27)(H,26,28). The summed E-state index contributed by atoms with van der Waals surface area (Å²) in [6.45, 7) is 3.10. The predicted octanol–water partition coefficient (Wildman–Crippen LogP) is 5.29. The van der Waals surface area contributed by atoms with Crippen LogP contribution in [0.5, 0.6) is 5.75 Å².